The smallest absolute Gasteiger partial charge is 0.269 e. The van der Waals surface area contributed by atoms with Crippen LogP contribution in [0.1, 0.15) is 39.7 Å². The molecule has 0 bridgehead atoms. The van der Waals surface area contributed by atoms with E-state index >= 15 is 0 Å². The monoisotopic (exact) mass is 306 g/mol. The van der Waals surface area contributed by atoms with Gasteiger partial charge in [0.25, 0.3) is 5.69 Å². The van der Waals surface area contributed by atoms with Gasteiger partial charge in [0.1, 0.15) is 0 Å². The van der Waals surface area contributed by atoms with Crippen molar-refractivity contribution in [2.24, 2.45) is 0 Å². The molecule has 1 rings (SSSR count). The molecule has 5 nitrogen and oxygen atoms in total. The summed E-state index contributed by atoms with van der Waals surface area (Å²) in [6.07, 6.45) is 2.50. The summed E-state index contributed by atoms with van der Waals surface area (Å²) >= 11 is 0. The van der Waals surface area contributed by atoms with Gasteiger partial charge in [-0.25, -0.2) is 0 Å². The Morgan fingerprint density at radius 2 is 1.86 bits per heavy atom. The average Bonchev–Trinajstić information content (AvgIpc) is 2.56. The van der Waals surface area contributed by atoms with Crippen molar-refractivity contribution in [3.8, 4) is 0 Å². The first-order valence-electron chi connectivity index (χ1n) is 7.45. The van der Waals surface area contributed by atoms with Gasteiger partial charge in [0.15, 0.2) is 0 Å². The highest BCUT2D eigenvalue weighted by Gasteiger charge is 2.12. The zero-order valence-corrected chi connectivity index (χ0v) is 14.0. The van der Waals surface area contributed by atoms with Gasteiger partial charge in [-0.3, -0.25) is 10.1 Å². The molecular formula is C17H26N2O3. The number of aliphatic hydroxyl groups is 1. The molecule has 22 heavy (non-hydrogen) atoms. The van der Waals surface area contributed by atoms with E-state index < -0.39 is 4.92 Å². The molecule has 0 aromatic heterocycles. The van der Waals surface area contributed by atoms with Gasteiger partial charge in [0.2, 0.25) is 0 Å². The van der Waals surface area contributed by atoms with Crippen molar-refractivity contribution in [3.05, 3.63) is 57.3 Å². The van der Waals surface area contributed by atoms with Gasteiger partial charge in [0, 0.05) is 37.1 Å². The molecule has 0 unspecified atom stereocenters. The molecule has 0 atom stereocenters. The van der Waals surface area contributed by atoms with Gasteiger partial charge in [-0.2, -0.15) is 0 Å². The third-order valence-electron chi connectivity index (χ3n) is 3.17. The van der Waals surface area contributed by atoms with E-state index in [4.69, 9.17) is 5.11 Å². The Morgan fingerprint density at radius 1 is 1.32 bits per heavy atom. The van der Waals surface area contributed by atoms with Crippen molar-refractivity contribution in [1.29, 1.82) is 0 Å². The number of nitro benzene ring substituents is 1. The van der Waals surface area contributed by atoms with Crippen molar-refractivity contribution in [3.63, 3.8) is 0 Å². The number of aliphatic hydroxyl groups excluding tert-OH is 1. The Kier molecular flexibility index (Phi) is 9.54. The second-order valence-corrected chi connectivity index (χ2v) is 4.34. The van der Waals surface area contributed by atoms with Gasteiger partial charge in [-0.15, -0.1) is 0 Å². The molecule has 0 saturated carbocycles. The number of nitrogens with zero attached hydrogens (tertiary/aromatic N) is 1. The molecule has 0 radical (unpaired) electrons. The van der Waals surface area contributed by atoms with Crippen LogP contribution in [0.15, 0.2) is 41.6 Å². The van der Waals surface area contributed by atoms with Crippen LogP contribution in [0.5, 0.6) is 0 Å². The van der Waals surface area contributed by atoms with Gasteiger partial charge in [-0.1, -0.05) is 19.9 Å². The average molecular weight is 306 g/mol. The van der Waals surface area contributed by atoms with Crippen molar-refractivity contribution in [2.45, 2.75) is 34.1 Å². The number of nitro groups is 1. The van der Waals surface area contributed by atoms with Crippen LogP contribution in [-0.2, 0) is 0 Å². The zero-order chi connectivity index (χ0) is 17.1. The third-order valence-corrected chi connectivity index (χ3v) is 3.17. The second-order valence-electron chi connectivity index (χ2n) is 4.34. The molecule has 1 aromatic carbocycles. The molecule has 0 heterocycles. The van der Waals surface area contributed by atoms with Crippen LogP contribution in [0.3, 0.4) is 0 Å². The summed E-state index contributed by atoms with van der Waals surface area (Å²) < 4.78 is 0. The number of benzene rings is 1. The van der Waals surface area contributed by atoms with Gasteiger partial charge < -0.3 is 10.4 Å². The van der Waals surface area contributed by atoms with E-state index in [0.29, 0.717) is 6.42 Å². The molecule has 0 spiro atoms. The number of allylic oxidation sites excluding steroid dienone is 3. The van der Waals surface area contributed by atoms with Crippen LogP contribution in [0.4, 0.5) is 5.69 Å². The summed E-state index contributed by atoms with van der Waals surface area (Å²) in [4.78, 5) is 10.3. The fraction of sp³-hybridized carbons (Fsp3) is 0.412. The maximum atomic E-state index is 10.7. The first-order chi connectivity index (χ1) is 10.5. The Labute approximate surface area is 132 Å². The van der Waals surface area contributed by atoms with E-state index in [2.05, 4.69) is 5.32 Å². The molecule has 1 aromatic rings. The lowest BCUT2D eigenvalue weighted by Crippen LogP contribution is -2.08. The molecule has 0 aliphatic rings. The fourth-order valence-corrected chi connectivity index (χ4v) is 2.05. The van der Waals surface area contributed by atoms with E-state index in [0.717, 1.165) is 22.4 Å². The SMILES string of the molecule is C/C=C(CCO)/C(=C(/C)NC)c1ccc([N+](=O)[O-])cc1.CC. The number of hydrogen-bond acceptors (Lipinski definition) is 4. The minimum Gasteiger partial charge on any atom is -0.396 e. The van der Waals surface area contributed by atoms with Crippen LogP contribution in [0, 0.1) is 10.1 Å². The maximum Gasteiger partial charge on any atom is 0.269 e. The highest BCUT2D eigenvalue weighted by molar-refractivity contribution is 5.81. The first-order valence-corrected chi connectivity index (χ1v) is 7.45. The minimum absolute atomic E-state index is 0.0626. The summed E-state index contributed by atoms with van der Waals surface area (Å²) in [6.45, 7) is 7.92. The predicted octanol–water partition coefficient (Wildman–Crippen LogP) is 3.90. The normalized spacial score (nSPS) is 12.0. The van der Waals surface area contributed by atoms with Gasteiger partial charge >= 0.3 is 0 Å². The minimum atomic E-state index is -0.414. The van der Waals surface area contributed by atoms with E-state index in [1.165, 1.54) is 12.1 Å². The predicted molar refractivity (Wildman–Crippen MR) is 91.6 cm³/mol. The second kappa shape index (κ2) is 10.6. The van der Waals surface area contributed by atoms with Gasteiger partial charge in [-0.05, 0) is 43.5 Å². The summed E-state index contributed by atoms with van der Waals surface area (Å²) in [5.74, 6) is 0. The molecule has 0 aliphatic heterocycles. The van der Waals surface area contributed by atoms with Crippen molar-refractivity contribution < 1.29 is 10.0 Å². The highest BCUT2D eigenvalue weighted by atomic mass is 16.6. The van der Waals surface area contributed by atoms with Crippen LogP contribution in [0.2, 0.25) is 0 Å². The van der Waals surface area contributed by atoms with Crippen molar-refractivity contribution in [1.82, 2.24) is 5.32 Å². The highest BCUT2D eigenvalue weighted by Crippen LogP contribution is 2.29. The zero-order valence-electron chi connectivity index (χ0n) is 14.0. The van der Waals surface area contributed by atoms with Gasteiger partial charge in [0.05, 0.1) is 4.92 Å². The fourth-order valence-electron chi connectivity index (χ4n) is 2.05. The van der Waals surface area contributed by atoms with Crippen LogP contribution < -0.4 is 5.32 Å². The summed E-state index contributed by atoms with van der Waals surface area (Å²) in [5, 5.41) is 23.0. The molecule has 0 fully saturated rings. The van der Waals surface area contributed by atoms with E-state index in [1.54, 1.807) is 12.1 Å². The Balaban J connectivity index is 0.00000211. The molecule has 2 N–H and O–H groups in total. The maximum absolute atomic E-state index is 10.7. The number of nitrogens with one attached hydrogen (secondary N) is 1. The lowest BCUT2D eigenvalue weighted by molar-refractivity contribution is -0.384. The largest absolute Gasteiger partial charge is 0.396 e. The number of non-ortho nitro benzene ring substituents is 1. The van der Waals surface area contributed by atoms with E-state index in [-0.39, 0.29) is 12.3 Å². The quantitative estimate of drug-likeness (QED) is 0.475. The van der Waals surface area contributed by atoms with Crippen LogP contribution >= 0.6 is 0 Å². The topological polar surface area (TPSA) is 75.4 Å². The van der Waals surface area contributed by atoms with E-state index in [9.17, 15) is 10.1 Å². The van der Waals surface area contributed by atoms with Crippen LogP contribution in [-0.4, -0.2) is 23.7 Å². The molecule has 0 amide bonds. The molecule has 122 valence electrons. The summed E-state index contributed by atoms with van der Waals surface area (Å²) in [5.41, 5.74) is 3.90. The number of hydrogen-bond donors (Lipinski definition) is 2. The lowest BCUT2D eigenvalue weighted by atomic mass is 9.93. The summed E-state index contributed by atoms with van der Waals surface area (Å²) in [7, 11) is 1.83. The Bertz CT molecular complexity index is 531. The molecule has 0 saturated heterocycles. The Morgan fingerprint density at radius 3 is 2.23 bits per heavy atom. The van der Waals surface area contributed by atoms with E-state index in [1.807, 2.05) is 40.8 Å². The molecular weight excluding hydrogens is 280 g/mol. The van der Waals surface area contributed by atoms with Crippen molar-refractivity contribution >= 4 is 11.3 Å². The van der Waals surface area contributed by atoms with Crippen molar-refractivity contribution in [2.75, 3.05) is 13.7 Å². The Hall–Kier alpha value is -2.14. The molecule has 0 aliphatic carbocycles. The van der Waals surface area contributed by atoms with Crippen LogP contribution in [0.25, 0.3) is 5.57 Å². The first kappa shape index (κ1) is 19.9. The number of rotatable bonds is 6. The lowest BCUT2D eigenvalue weighted by Gasteiger charge is -2.15. The molecule has 5 heteroatoms. The third kappa shape index (κ3) is 5.33. The summed E-state index contributed by atoms with van der Waals surface area (Å²) in [6, 6.07) is 6.44. The standard InChI is InChI=1S/C15H20N2O3.C2H6/c1-4-12(9-10-18)15(11(2)16-3)13-5-7-14(8-6-13)17(19)20;1-2/h4-8,16,18H,9-10H2,1-3H3;1-2H3/b12-4+,15-11+;.